The maximum Gasteiger partial charge on any atom is 0.152 e. The minimum atomic E-state index is -0.116. The molecule has 1 aliphatic carbocycles. The largest absolute Gasteiger partial charge is 0.282 e. The van der Waals surface area contributed by atoms with Gasteiger partial charge in [0.25, 0.3) is 0 Å². The van der Waals surface area contributed by atoms with E-state index in [2.05, 4.69) is 172 Å². The Morgan fingerprint density at radius 3 is 2.00 bits per heavy atom. The van der Waals surface area contributed by atoms with Crippen molar-refractivity contribution in [1.82, 2.24) is 0 Å². The fourth-order valence-corrected chi connectivity index (χ4v) is 8.23. The first-order valence-corrected chi connectivity index (χ1v) is 18.2. The number of nitrogens with zero attached hydrogens (tertiary/aromatic N) is 1. The van der Waals surface area contributed by atoms with Crippen molar-refractivity contribution < 1.29 is 0 Å². The van der Waals surface area contributed by atoms with Gasteiger partial charge in [-0.1, -0.05) is 190 Å². The summed E-state index contributed by atoms with van der Waals surface area (Å²) >= 11 is 0. The van der Waals surface area contributed by atoms with Crippen molar-refractivity contribution in [2.24, 2.45) is 4.99 Å². The van der Waals surface area contributed by atoms with Crippen LogP contribution < -0.4 is 0 Å². The first-order chi connectivity index (χ1) is 26.0. The van der Waals surface area contributed by atoms with Crippen molar-refractivity contribution >= 4 is 39.2 Å². The van der Waals surface area contributed by atoms with Gasteiger partial charge in [0.2, 0.25) is 0 Å². The highest BCUT2D eigenvalue weighted by molar-refractivity contribution is 6.20. The van der Waals surface area contributed by atoms with Crippen LogP contribution in [0.25, 0.3) is 61.0 Å². The molecule has 0 saturated heterocycles. The topological polar surface area (TPSA) is 36.2 Å². The predicted molar refractivity (Wildman–Crippen MR) is 225 cm³/mol. The minimum Gasteiger partial charge on any atom is -0.282 e. The molecule has 1 aliphatic rings. The second kappa shape index (κ2) is 13.2. The number of amidine groups is 1. The first kappa shape index (κ1) is 32.3. The Labute approximate surface area is 311 Å². The van der Waals surface area contributed by atoms with Crippen molar-refractivity contribution in [3.63, 3.8) is 0 Å². The van der Waals surface area contributed by atoms with Gasteiger partial charge in [0, 0.05) is 16.5 Å². The molecule has 0 spiro atoms. The molecule has 0 atom stereocenters. The molecular weight excluding hydrogens is 641 g/mol. The highest BCUT2D eigenvalue weighted by atomic mass is 14.8. The summed E-state index contributed by atoms with van der Waals surface area (Å²) < 4.78 is 0. The lowest BCUT2D eigenvalue weighted by Gasteiger charge is -2.25. The van der Waals surface area contributed by atoms with Crippen LogP contribution in [-0.2, 0) is 5.41 Å². The van der Waals surface area contributed by atoms with Gasteiger partial charge in [0.05, 0.1) is 5.71 Å². The van der Waals surface area contributed by atoms with Crippen LogP contribution in [0.2, 0.25) is 0 Å². The number of aliphatic imine (C=N–C) groups is 1. The minimum absolute atomic E-state index is 0.116. The summed E-state index contributed by atoms with van der Waals surface area (Å²) in [5, 5.41) is 13.8. The van der Waals surface area contributed by atoms with Crippen LogP contribution in [0.5, 0.6) is 0 Å². The molecule has 2 nitrogen and oxygen atoms in total. The zero-order chi connectivity index (χ0) is 35.9. The third-order valence-electron chi connectivity index (χ3n) is 10.8. The Hall–Kier alpha value is -6.64. The van der Waals surface area contributed by atoms with E-state index < -0.39 is 0 Å². The lowest BCUT2D eigenvalue weighted by atomic mass is 9.78. The van der Waals surface area contributed by atoms with E-state index in [1.165, 1.54) is 54.9 Å². The van der Waals surface area contributed by atoms with E-state index in [9.17, 15) is 0 Å². The molecule has 53 heavy (non-hydrogen) atoms. The van der Waals surface area contributed by atoms with E-state index in [1.54, 1.807) is 0 Å². The molecule has 252 valence electrons. The molecule has 0 fully saturated rings. The fraction of sp³-hybridized carbons (Fsp3) is 0.0588. The quantitative estimate of drug-likeness (QED) is 0.134. The summed E-state index contributed by atoms with van der Waals surface area (Å²) in [6.45, 7) is 4.70. The summed E-state index contributed by atoms with van der Waals surface area (Å²) in [4.78, 5) is 5.01. The number of nitrogens with one attached hydrogen (secondary N) is 1. The van der Waals surface area contributed by atoms with Gasteiger partial charge in [0.15, 0.2) is 5.84 Å². The molecule has 8 aromatic rings. The van der Waals surface area contributed by atoms with Crippen molar-refractivity contribution in [2.75, 3.05) is 0 Å². The van der Waals surface area contributed by atoms with Crippen LogP contribution in [0.15, 0.2) is 187 Å². The molecule has 0 aliphatic heterocycles. The number of hydrogen-bond donors (Lipinski definition) is 1. The maximum absolute atomic E-state index is 9.05. The highest BCUT2D eigenvalue weighted by Crippen LogP contribution is 2.52. The third kappa shape index (κ3) is 5.70. The third-order valence-corrected chi connectivity index (χ3v) is 10.8. The molecule has 0 aromatic heterocycles. The Bertz CT molecular complexity index is 2770. The number of rotatable bonds is 6. The molecule has 9 rings (SSSR count). The summed E-state index contributed by atoms with van der Waals surface area (Å²) in [7, 11) is 0. The van der Waals surface area contributed by atoms with Gasteiger partial charge < -0.3 is 0 Å². The number of allylic oxidation sites excluding steroid dienone is 1. The van der Waals surface area contributed by atoms with Gasteiger partial charge >= 0.3 is 0 Å². The zero-order valence-electron chi connectivity index (χ0n) is 29.8. The molecule has 8 aromatic carbocycles. The molecule has 0 saturated carbocycles. The molecule has 0 radical (unpaired) electrons. The Morgan fingerprint density at radius 2 is 1.17 bits per heavy atom. The van der Waals surface area contributed by atoms with Crippen molar-refractivity contribution in [1.29, 1.82) is 5.41 Å². The highest BCUT2D eigenvalue weighted by Gasteiger charge is 2.37. The summed E-state index contributed by atoms with van der Waals surface area (Å²) in [6, 6.07) is 62.0. The van der Waals surface area contributed by atoms with Crippen molar-refractivity contribution in [3.05, 3.63) is 210 Å². The van der Waals surface area contributed by atoms with Crippen LogP contribution in [0.1, 0.15) is 41.7 Å². The molecule has 2 heteroatoms. The first-order valence-electron chi connectivity index (χ1n) is 18.2. The van der Waals surface area contributed by atoms with E-state index >= 15 is 0 Å². The lowest BCUT2D eigenvalue weighted by molar-refractivity contribution is 0.662. The average Bonchev–Trinajstić information content (AvgIpc) is 3.45. The van der Waals surface area contributed by atoms with Crippen molar-refractivity contribution in [2.45, 2.75) is 19.3 Å². The number of benzene rings is 8. The molecule has 0 heterocycles. The maximum atomic E-state index is 9.05. The molecule has 0 amide bonds. The molecule has 0 bridgehead atoms. The summed E-state index contributed by atoms with van der Waals surface area (Å²) in [6.07, 6.45) is 4.24. The van der Waals surface area contributed by atoms with Crippen LogP contribution >= 0.6 is 0 Å². The second-order valence-corrected chi connectivity index (χ2v) is 14.3. The van der Waals surface area contributed by atoms with Crippen LogP contribution in [0.4, 0.5) is 0 Å². The SMILES string of the molecule is CC1(C)c2ccccc2-c2cccc(-c3ccc(/C=C/C(=NC(=N)c4ccccc4)c4ccccc4-c4ccc5ccccc5c4)c4ccccc34)c21. The zero-order valence-corrected chi connectivity index (χ0v) is 29.8. The standard InChI is InChI=1S/C51H38N2/c1-51(2)47-26-13-12-22-43(47)46-25-14-24-45(49(46)51)42-31-29-35(39-19-8-10-21-41(39)42)30-32-48(53-50(52)36-16-4-3-5-17-36)44-23-11-9-20-40(44)38-28-27-34-15-6-7-18-37(34)33-38/h3-33,52H,1-2H3/b32-30+,52-50?,53-48?. The molecular formula is C51H38N2. The summed E-state index contributed by atoms with van der Waals surface area (Å²) in [5.41, 5.74) is 13.6. The number of hydrogen-bond acceptors (Lipinski definition) is 1. The predicted octanol–water partition coefficient (Wildman–Crippen LogP) is 13.2. The van der Waals surface area contributed by atoms with E-state index in [1.807, 2.05) is 30.3 Å². The van der Waals surface area contributed by atoms with Gasteiger partial charge in [0.1, 0.15) is 0 Å². The normalized spacial score (nSPS) is 13.4. The fourth-order valence-electron chi connectivity index (χ4n) is 8.23. The van der Waals surface area contributed by atoms with E-state index in [-0.39, 0.29) is 11.3 Å². The van der Waals surface area contributed by atoms with Gasteiger partial charge in [-0.25, -0.2) is 4.99 Å². The van der Waals surface area contributed by atoms with Gasteiger partial charge in [-0.3, -0.25) is 5.41 Å². The number of fused-ring (bicyclic) bond motifs is 5. The Kier molecular flexibility index (Phi) is 8.01. The summed E-state index contributed by atoms with van der Waals surface area (Å²) in [5.74, 6) is 0.223. The van der Waals surface area contributed by atoms with Crippen LogP contribution in [0.3, 0.4) is 0 Å². The van der Waals surface area contributed by atoms with Crippen molar-refractivity contribution in [3.8, 4) is 33.4 Å². The molecule has 1 N–H and O–H groups in total. The van der Waals surface area contributed by atoms with Gasteiger partial charge in [-0.05, 0) is 83.8 Å². The Morgan fingerprint density at radius 1 is 0.528 bits per heavy atom. The van der Waals surface area contributed by atoms with Gasteiger partial charge in [-0.2, -0.15) is 0 Å². The average molecular weight is 679 g/mol. The second-order valence-electron chi connectivity index (χ2n) is 14.3. The van der Waals surface area contributed by atoms with Gasteiger partial charge in [-0.15, -0.1) is 0 Å². The van der Waals surface area contributed by atoms with Crippen LogP contribution in [0, 0.1) is 5.41 Å². The van der Waals surface area contributed by atoms with Crippen LogP contribution in [-0.4, -0.2) is 11.5 Å². The Balaban J connectivity index is 1.17. The van der Waals surface area contributed by atoms with E-state index in [4.69, 9.17) is 10.4 Å². The monoisotopic (exact) mass is 678 g/mol. The lowest BCUT2D eigenvalue weighted by Crippen LogP contribution is -2.16. The smallest absolute Gasteiger partial charge is 0.152 e. The van der Waals surface area contributed by atoms with E-state index in [0.29, 0.717) is 0 Å². The van der Waals surface area contributed by atoms with E-state index in [0.717, 1.165) is 33.5 Å². The molecule has 0 unspecified atom stereocenters.